The number of aliphatic hydroxyl groups excluding tert-OH is 1. The second-order valence-corrected chi connectivity index (χ2v) is 4.17. The van der Waals surface area contributed by atoms with Gasteiger partial charge in [0.1, 0.15) is 11.5 Å². The van der Waals surface area contributed by atoms with Gasteiger partial charge in [0.2, 0.25) is 0 Å². The maximum absolute atomic E-state index is 8.90. The maximum atomic E-state index is 8.90. The van der Waals surface area contributed by atoms with Crippen molar-refractivity contribution in [2.24, 2.45) is 0 Å². The first kappa shape index (κ1) is 15.9. The minimum Gasteiger partial charge on any atom is -0.399 e. The van der Waals surface area contributed by atoms with E-state index in [2.05, 4.69) is 10.4 Å². The van der Waals surface area contributed by atoms with Crippen LogP contribution >= 0.6 is 12.4 Å². The molecule has 0 aliphatic rings. The number of hydrogen-bond donors (Lipinski definition) is 5. The zero-order chi connectivity index (χ0) is 13.8. The van der Waals surface area contributed by atoms with E-state index in [1.807, 2.05) is 24.3 Å². The molecule has 20 heavy (non-hydrogen) atoms. The lowest BCUT2D eigenvalue weighted by molar-refractivity contribution is 0.270. The molecule has 2 aromatic rings. The van der Waals surface area contributed by atoms with Crippen molar-refractivity contribution in [2.75, 3.05) is 29.1 Å². The number of aliphatic hydroxyl groups is 1. The van der Waals surface area contributed by atoms with Gasteiger partial charge in [0.05, 0.1) is 25.4 Å². The van der Waals surface area contributed by atoms with Crippen LogP contribution < -0.4 is 22.5 Å². The Bertz CT molecular complexity index is 571. The summed E-state index contributed by atoms with van der Waals surface area (Å²) in [7, 11) is 0. The van der Waals surface area contributed by atoms with Gasteiger partial charge in [0.25, 0.3) is 0 Å². The first-order valence-corrected chi connectivity index (χ1v) is 5.92. The van der Waals surface area contributed by atoms with Crippen molar-refractivity contribution in [3.8, 4) is 0 Å². The van der Waals surface area contributed by atoms with Gasteiger partial charge in [-0.15, -0.1) is 12.4 Å². The Morgan fingerprint density at radius 1 is 1.25 bits per heavy atom. The van der Waals surface area contributed by atoms with Crippen LogP contribution in [-0.4, -0.2) is 21.5 Å². The van der Waals surface area contributed by atoms with E-state index in [4.69, 9.17) is 22.3 Å². The number of hydrogen-bond acceptors (Lipinski definition) is 6. The molecule has 8 heteroatoms. The van der Waals surface area contributed by atoms with E-state index in [1.165, 1.54) is 4.68 Å². The molecule has 0 radical (unpaired) electrons. The highest BCUT2D eigenvalue weighted by molar-refractivity contribution is 5.85. The van der Waals surface area contributed by atoms with Crippen LogP contribution in [0.2, 0.25) is 0 Å². The summed E-state index contributed by atoms with van der Waals surface area (Å²) in [5.41, 5.74) is 20.0. The highest BCUT2D eigenvalue weighted by atomic mass is 35.5. The van der Waals surface area contributed by atoms with Gasteiger partial charge < -0.3 is 27.6 Å². The van der Waals surface area contributed by atoms with Crippen LogP contribution in [0.3, 0.4) is 0 Å². The predicted molar refractivity (Wildman–Crippen MR) is 83.6 cm³/mol. The molecule has 0 aliphatic heterocycles. The van der Waals surface area contributed by atoms with E-state index >= 15 is 0 Å². The minimum absolute atomic E-state index is 0. The van der Waals surface area contributed by atoms with Crippen LogP contribution in [0.5, 0.6) is 0 Å². The Kier molecular flexibility index (Phi) is 5.48. The molecule has 8 N–H and O–H groups in total. The number of rotatable bonds is 5. The first-order valence-electron chi connectivity index (χ1n) is 5.92. The number of aromatic nitrogens is 2. The van der Waals surface area contributed by atoms with E-state index in [0.717, 1.165) is 5.69 Å². The number of nitrogen functional groups attached to an aromatic ring is 3. The zero-order valence-electron chi connectivity index (χ0n) is 10.9. The van der Waals surface area contributed by atoms with E-state index in [1.54, 1.807) is 0 Å². The molecule has 0 spiro atoms. The average Bonchev–Trinajstić information content (AvgIpc) is 2.65. The second-order valence-electron chi connectivity index (χ2n) is 4.17. The monoisotopic (exact) mass is 298 g/mol. The number of nitrogens with zero attached hydrogens (tertiary/aromatic N) is 2. The smallest absolute Gasteiger partial charge is 0.145 e. The molecule has 1 aromatic carbocycles. The van der Waals surface area contributed by atoms with Crippen molar-refractivity contribution in [2.45, 2.75) is 13.1 Å². The Hall–Kier alpha value is -2.12. The molecule has 0 amide bonds. The fourth-order valence-electron chi connectivity index (χ4n) is 1.77. The zero-order valence-corrected chi connectivity index (χ0v) is 11.7. The number of nitrogens with two attached hydrogens (primary N) is 3. The lowest BCUT2D eigenvalue weighted by atomic mass is 10.2. The van der Waals surface area contributed by atoms with Gasteiger partial charge in [-0.2, -0.15) is 5.10 Å². The van der Waals surface area contributed by atoms with Crippen molar-refractivity contribution in [1.29, 1.82) is 0 Å². The summed E-state index contributed by atoms with van der Waals surface area (Å²) >= 11 is 0. The van der Waals surface area contributed by atoms with Crippen molar-refractivity contribution in [3.63, 3.8) is 0 Å². The third-order valence-electron chi connectivity index (χ3n) is 2.76. The molecule has 0 aliphatic carbocycles. The Morgan fingerprint density at radius 2 is 2.00 bits per heavy atom. The topological polar surface area (TPSA) is 128 Å². The summed E-state index contributed by atoms with van der Waals surface area (Å²) in [6.07, 6.45) is 0. The Labute approximate surface area is 123 Å². The van der Waals surface area contributed by atoms with Crippen LogP contribution in [0.4, 0.5) is 22.9 Å². The molecule has 2 rings (SSSR count). The van der Waals surface area contributed by atoms with Gasteiger partial charge in [0.15, 0.2) is 0 Å². The van der Waals surface area contributed by atoms with Crippen LogP contribution in [-0.2, 0) is 13.1 Å². The summed E-state index contributed by atoms with van der Waals surface area (Å²) in [6.45, 7) is 0.736. The maximum Gasteiger partial charge on any atom is 0.145 e. The minimum atomic E-state index is -0.0343. The molecule has 0 bridgehead atoms. The molecule has 0 atom stereocenters. The largest absolute Gasteiger partial charge is 0.399 e. The van der Waals surface area contributed by atoms with Crippen molar-refractivity contribution < 1.29 is 5.11 Å². The normalized spacial score (nSPS) is 10.1. The molecule has 110 valence electrons. The summed E-state index contributed by atoms with van der Waals surface area (Å²) in [6, 6.07) is 7.40. The second kappa shape index (κ2) is 6.88. The highest BCUT2D eigenvalue weighted by Gasteiger charge is 2.11. The Balaban J connectivity index is 0.00000200. The predicted octanol–water partition coefficient (Wildman–Crippen LogP) is 0.656. The van der Waals surface area contributed by atoms with E-state index in [0.29, 0.717) is 36.0 Å². The van der Waals surface area contributed by atoms with E-state index in [-0.39, 0.29) is 19.0 Å². The van der Waals surface area contributed by atoms with Crippen molar-refractivity contribution >= 4 is 35.3 Å². The molecule has 0 fully saturated rings. The van der Waals surface area contributed by atoms with E-state index < -0.39 is 0 Å². The lowest BCUT2D eigenvalue weighted by Crippen LogP contribution is -2.08. The number of nitrogens with one attached hydrogen (secondary N) is 1. The molecule has 1 heterocycles. The van der Waals surface area contributed by atoms with Gasteiger partial charge in [-0.05, 0) is 18.2 Å². The summed E-state index contributed by atoms with van der Waals surface area (Å²) < 4.78 is 1.49. The third kappa shape index (κ3) is 3.46. The molecule has 0 saturated carbocycles. The van der Waals surface area contributed by atoms with Crippen molar-refractivity contribution in [1.82, 2.24) is 9.78 Å². The molecule has 0 unspecified atom stereocenters. The first-order chi connectivity index (χ1) is 9.11. The van der Waals surface area contributed by atoms with Gasteiger partial charge >= 0.3 is 0 Å². The summed E-state index contributed by atoms with van der Waals surface area (Å²) in [5, 5.41) is 16.3. The van der Waals surface area contributed by atoms with Crippen LogP contribution in [0.1, 0.15) is 5.69 Å². The number of benzene rings is 1. The SMILES string of the molecule is Cl.Nc1cccc(NCc2nn(CCO)c(N)c2N)c1. The van der Waals surface area contributed by atoms with Crippen LogP contribution in [0.25, 0.3) is 0 Å². The third-order valence-corrected chi connectivity index (χ3v) is 2.76. The Morgan fingerprint density at radius 3 is 2.65 bits per heavy atom. The average molecular weight is 299 g/mol. The van der Waals surface area contributed by atoms with Crippen LogP contribution in [0.15, 0.2) is 24.3 Å². The fraction of sp³-hybridized carbons (Fsp3) is 0.250. The molecular weight excluding hydrogens is 280 g/mol. The highest BCUT2D eigenvalue weighted by Crippen LogP contribution is 2.21. The standard InChI is InChI=1S/C12H18N6O.ClH/c13-8-2-1-3-9(6-8)16-7-10-11(14)12(15)18(17-10)4-5-19;/h1-3,6,16,19H,4-5,7,13-15H2;1H. The number of halogens is 1. The lowest BCUT2D eigenvalue weighted by Gasteiger charge is -2.05. The number of anilines is 4. The summed E-state index contributed by atoms with van der Waals surface area (Å²) in [4.78, 5) is 0. The van der Waals surface area contributed by atoms with Crippen LogP contribution in [0, 0.1) is 0 Å². The molecular formula is C12H19ClN6O. The summed E-state index contributed by atoms with van der Waals surface area (Å²) in [5.74, 6) is 0.374. The van der Waals surface area contributed by atoms with Gasteiger partial charge in [-0.1, -0.05) is 6.07 Å². The molecule has 7 nitrogen and oxygen atoms in total. The van der Waals surface area contributed by atoms with Crippen molar-refractivity contribution in [3.05, 3.63) is 30.0 Å². The quantitative estimate of drug-likeness (QED) is 0.516. The van der Waals surface area contributed by atoms with E-state index in [9.17, 15) is 0 Å². The molecule has 1 aromatic heterocycles. The fourth-order valence-corrected chi connectivity index (χ4v) is 1.77. The molecule has 0 saturated heterocycles. The van der Waals surface area contributed by atoms with Gasteiger partial charge in [-0.3, -0.25) is 0 Å². The van der Waals surface area contributed by atoms with Gasteiger partial charge in [-0.25, -0.2) is 4.68 Å². The van der Waals surface area contributed by atoms with Gasteiger partial charge in [0, 0.05) is 11.4 Å².